The Kier molecular flexibility index (Phi) is 5.11. The van der Waals surface area contributed by atoms with Crippen LogP contribution in [0.2, 0.25) is 0 Å². The van der Waals surface area contributed by atoms with E-state index in [9.17, 15) is 5.11 Å². The number of hydrogen-bond acceptors (Lipinski definition) is 5. The van der Waals surface area contributed by atoms with Gasteiger partial charge >= 0.3 is 0 Å². The number of rotatable bonds is 3. The van der Waals surface area contributed by atoms with E-state index in [2.05, 4.69) is 50.0 Å². The van der Waals surface area contributed by atoms with Gasteiger partial charge in [0.05, 0.1) is 0 Å². The van der Waals surface area contributed by atoms with Crippen molar-refractivity contribution in [3.05, 3.63) is 71.8 Å². The first kappa shape index (κ1) is 19.9. The normalized spacial score (nSPS) is 24.8. The minimum atomic E-state index is -0.675. The van der Waals surface area contributed by atoms with E-state index in [1.165, 1.54) is 5.56 Å². The number of amidine groups is 1. The summed E-state index contributed by atoms with van der Waals surface area (Å²) in [6, 6.07) is 14.1. The predicted octanol–water partition coefficient (Wildman–Crippen LogP) is 5.36. The highest BCUT2D eigenvalue weighted by Gasteiger charge is 2.48. The van der Waals surface area contributed by atoms with Crippen LogP contribution in [-0.4, -0.2) is 27.3 Å². The summed E-state index contributed by atoms with van der Waals surface area (Å²) in [5, 5.41) is 14.7. The van der Waals surface area contributed by atoms with Crippen molar-refractivity contribution in [2.24, 2.45) is 4.99 Å². The third-order valence-corrected chi connectivity index (χ3v) is 6.38. The first-order chi connectivity index (χ1) is 13.8. The van der Waals surface area contributed by atoms with Crippen LogP contribution in [0.4, 0.5) is 0 Å². The topological polar surface area (TPSA) is 53.9 Å². The largest absolute Gasteiger partial charge is 0.508 e. The van der Waals surface area contributed by atoms with Crippen LogP contribution in [0.25, 0.3) is 0 Å². The number of ether oxygens (including phenoxy) is 1. The van der Waals surface area contributed by atoms with Crippen LogP contribution in [0, 0.1) is 6.92 Å². The lowest BCUT2D eigenvalue weighted by Gasteiger charge is -2.47. The molecule has 2 N–H and O–H groups in total. The van der Waals surface area contributed by atoms with Crippen molar-refractivity contribution in [2.45, 2.75) is 50.8 Å². The molecule has 4 rings (SSSR count). The first-order valence-corrected chi connectivity index (χ1v) is 11.0. The molecule has 0 saturated carbocycles. The van der Waals surface area contributed by atoms with E-state index in [1.807, 2.05) is 25.1 Å². The highest BCUT2D eigenvalue weighted by Crippen LogP contribution is 2.50. The second-order valence-corrected chi connectivity index (χ2v) is 9.60. The highest BCUT2D eigenvalue weighted by atomic mass is 32.2. The van der Waals surface area contributed by atoms with Gasteiger partial charge in [-0.1, -0.05) is 48.2 Å². The molecule has 2 aromatic rings. The van der Waals surface area contributed by atoms with E-state index in [1.54, 1.807) is 17.8 Å². The molecule has 0 radical (unpaired) electrons. The van der Waals surface area contributed by atoms with Crippen molar-refractivity contribution in [1.29, 1.82) is 0 Å². The standard InChI is InChI=1S/C24H28N2O2S/c1-5-11-29-22-25-23(3,4)15-24(26-22)14-19(17-9-7-6-8-10-17)21-16(2)12-18(27)13-20(21)28-24/h5-10,12-13,19,27H,1,11,14-15H2,2-4H3,(H,25,26)/t19-,24-/m1/s1. The van der Waals surface area contributed by atoms with Crippen LogP contribution in [-0.2, 0) is 0 Å². The van der Waals surface area contributed by atoms with Gasteiger partial charge in [0, 0.05) is 41.7 Å². The number of aryl methyl sites for hydroxylation is 1. The maximum atomic E-state index is 10.2. The van der Waals surface area contributed by atoms with Gasteiger partial charge in [0.25, 0.3) is 0 Å². The second-order valence-electron chi connectivity index (χ2n) is 8.59. The number of phenols is 1. The van der Waals surface area contributed by atoms with Crippen molar-refractivity contribution in [3.8, 4) is 11.5 Å². The molecule has 0 saturated heterocycles. The van der Waals surface area contributed by atoms with Crippen molar-refractivity contribution >= 4 is 16.9 Å². The van der Waals surface area contributed by atoms with E-state index in [0.29, 0.717) is 0 Å². The summed E-state index contributed by atoms with van der Waals surface area (Å²) in [5.74, 6) is 1.90. The molecular formula is C24H28N2O2S. The van der Waals surface area contributed by atoms with E-state index >= 15 is 0 Å². The molecule has 0 aliphatic carbocycles. The third-order valence-electron chi connectivity index (χ3n) is 5.51. The molecule has 2 aliphatic heterocycles. The second kappa shape index (κ2) is 7.45. The lowest BCUT2D eigenvalue weighted by Crippen LogP contribution is -2.57. The predicted molar refractivity (Wildman–Crippen MR) is 121 cm³/mol. The first-order valence-electron chi connectivity index (χ1n) is 10.0. The van der Waals surface area contributed by atoms with Crippen LogP contribution in [0.15, 0.2) is 60.1 Å². The molecule has 4 nitrogen and oxygen atoms in total. The lowest BCUT2D eigenvalue weighted by molar-refractivity contribution is 0.0132. The van der Waals surface area contributed by atoms with E-state index in [4.69, 9.17) is 9.73 Å². The Hall–Kier alpha value is -2.40. The number of aliphatic imine (C=N–C) groups is 1. The van der Waals surface area contributed by atoms with E-state index in [0.717, 1.165) is 40.6 Å². The Morgan fingerprint density at radius 3 is 2.79 bits per heavy atom. The number of hydrogen-bond donors (Lipinski definition) is 2. The Labute approximate surface area is 177 Å². The number of fused-ring (bicyclic) bond motifs is 1. The average Bonchev–Trinajstić information content (AvgIpc) is 2.64. The fourth-order valence-electron chi connectivity index (χ4n) is 4.58. The molecule has 0 fully saturated rings. The zero-order valence-corrected chi connectivity index (χ0v) is 18.1. The average molecular weight is 409 g/mol. The van der Waals surface area contributed by atoms with Gasteiger partial charge in [0.15, 0.2) is 5.17 Å². The number of thioether (sulfide) groups is 1. The fraction of sp³-hybridized carbons (Fsp3) is 0.375. The SMILES string of the molecule is C=CCSC1=N[C@@]2(C[C@H](c3ccccc3)c3c(C)cc(O)cc3O2)CC(C)(C)N1. The lowest BCUT2D eigenvalue weighted by atomic mass is 9.76. The smallest absolute Gasteiger partial charge is 0.206 e. The van der Waals surface area contributed by atoms with Crippen molar-refractivity contribution in [3.63, 3.8) is 0 Å². The van der Waals surface area contributed by atoms with Crippen LogP contribution in [0.3, 0.4) is 0 Å². The Morgan fingerprint density at radius 1 is 1.31 bits per heavy atom. The van der Waals surface area contributed by atoms with Gasteiger partial charge in [-0.2, -0.15) is 0 Å². The maximum absolute atomic E-state index is 10.2. The summed E-state index contributed by atoms with van der Waals surface area (Å²) >= 11 is 1.64. The minimum Gasteiger partial charge on any atom is -0.508 e. The van der Waals surface area contributed by atoms with Gasteiger partial charge in [-0.25, -0.2) is 4.99 Å². The molecule has 5 heteroatoms. The van der Waals surface area contributed by atoms with Gasteiger partial charge in [-0.3, -0.25) is 0 Å². The highest BCUT2D eigenvalue weighted by molar-refractivity contribution is 8.13. The third kappa shape index (κ3) is 4.01. The van der Waals surface area contributed by atoms with Crippen LogP contribution in [0.5, 0.6) is 11.5 Å². The van der Waals surface area contributed by atoms with Crippen molar-refractivity contribution < 1.29 is 9.84 Å². The fourth-order valence-corrected chi connectivity index (χ4v) is 5.43. The molecule has 2 aromatic carbocycles. The maximum Gasteiger partial charge on any atom is 0.206 e. The molecule has 2 atom stereocenters. The molecular weight excluding hydrogens is 380 g/mol. The molecule has 2 aliphatic rings. The van der Waals surface area contributed by atoms with Crippen LogP contribution in [0.1, 0.15) is 49.3 Å². The minimum absolute atomic E-state index is 0.156. The summed E-state index contributed by atoms with van der Waals surface area (Å²) < 4.78 is 6.59. The molecule has 2 heterocycles. The van der Waals surface area contributed by atoms with Crippen LogP contribution < -0.4 is 10.1 Å². The summed E-state index contributed by atoms with van der Waals surface area (Å²) in [6.07, 6.45) is 3.39. The Morgan fingerprint density at radius 2 is 2.07 bits per heavy atom. The van der Waals surface area contributed by atoms with Gasteiger partial charge in [0.2, 0.25) is 5.72 Å². The number of phenolic OH excluding ortho intramolecular Hbond substituents is 1. The van der Waals surface area contributed by atoms with E-state index < -0.39 is 5.72 Å². The Balaban J connectivity index is 1.85. The molecule has 29 heavy (non-hydrogen) atoms. The van der Waals surface area contributed by atoms with Gasteiger partial charge in [-0.05, 0) is 38.0 Å². The molecule has 0 bridgehead atoms. The number of benzene rings is 2. The number of aromatic hydroxyl groups is 1. The number of nitrogens with one attached hydrogen (secondary N) is 1. The van der Waals surface area contributed by atoms with Gasteiger partial charge in [-0.15, -0.1) is 6.58 Å². The quantitative estimate of drug-likeness (QED) is 0.672. The summed E-state index contributed by atoms with van der Waals surface area (Å²) in [6.45, 7) is 10.2. The summed E-state index contributed by atoms with van der Waals surface area (Å²) in [5.41, 5.74) is 2.60. The Bertz CT molecular complexity index is 955. The molecule has 0 aromatic heterocycles. The zero-order chi connectivity index (χ0) is 20.6. The van der Waals surface area contributed by atoms with Crippen molar-refractivity contribution in [1.82, 2.24) is 5.32 Å². The number of nitrogens with zero attached hydrogens (tertiary/aromatic N) is 1. The summed E-state index contributed by atoms with van der Waals surface area (Å²) in [7, 11) is 0. The van der Waals surface area contributed by atoms with Crippen molar-refractivity contribution in [2.75, 3.05) is 5.75 Å². The van der Waals surface area contributed by atoms with Gasteiger partial charge < -0.3 is 15.2 Å². The molecule has 0 unspecified atom stereocenters. The van der Waals surface area contributed by atoms with Crippen LogP contribution >= 0.6 is 11.8 Å². The monoisotopic (exact) mass is 408 g/mol. The van der Waals surface area contributed by atoms with E-state index in [-0.39, 0.29) is 17.2 Å². The summed E-state index contributed by atoms with van der Waals surface area (Å²) in [4.78, 5) is 5.06. The molecule has 0 amide bonds. The molecule has 152 valence electrons. The molecule has 1 spiro atoms. The zero-order valence-electron chi connectivity index (χ0n) is 17.2. The van der Waals surface area contributed by atoms with Gasteiger partial charge in [0.1, 0.15) is 11.5 Å².